The lowest BCUT2D eigenvalue weighted by Gasteiger charge is -2.22. The van der Waals surface area contributed by atoms with E-state index in [-0.39, 0.29) is 12.0 Å². The van der Waals surface area contributed by atoms with Crippen molar-refractivity contribution >= 4 is 17.0 Å². The summed E-state index contributed by atoms with van der Waals surface area (Å²) in [6.45, 7) is 6.04. The first kappa shape index (κ1) is 14.2. The molecule has 0 aliphatic carbocycles. The number of rotatable bonds is 3. The van der Waals surface area contributed by atoms with Crippen molar-refractivity contribution in [1.29, 1.82) is 0 Å². The third kappa shape index (κ3) is 3.04. The van der Waals surface area contributed by atoms with Crippen LogP contribution >= 0.6 is 0 Å². The fourth-order valence-corrected chi connectivity index (χ4v) is 1.82. The Hall–Kier alpha value is -2.17. The maximum Gasteiger partial charge on any atom is 0.343 e. The standard InChI is InChI=1S/C15H18N2O3/c1-15(2,3)11-8-10-6-5-7-16-13(10)17-14(11)20-9-12(18)19-4/h5-8H,9H2,1-4H3. The predicted molar refractivity (Wildman–Crippen MR) is 75.7 cm³/mol. The zero-order chi connectivity index (χ0) is 14.8. The first-order chi connectivity index (χ1) is 9.41. The molecule has 0 bridgehead atoms. The van der Waals surface area contributed by atoms with Crippen LogP contribution in [0.3, 0.4) is 0 Å². The van der Waals surface area contributed by atoms with E-state index >= 15 is 0 Å². The lowest BCUT2D eigenvalue weighted by molar-refractivity contribution is -0.143. The fraction of sp³-hybridized carbons (Fsp3) is 0.400. The topological polar surface area (TPSA) is 61.3 Å². The lowest BCUT2D eigenvalue weighted by Crippen LogP contribution is -2.18. The van der Waals surface area contributed by atoms with E-state index in [1.807, 2.05) is 18.2 Å². The molecule has 0 fully saturated rings. The highest BCUT2D eigenvalue weighted by molar-refractivity contribution is 5.77. The van der Waals surface area contributed by atoms with E-state index in [1.54, 1.807) is 6.20 Å². The molecule has 2 rings (SSSR count). The molecule has 5 nitrogen and oxygen atoms in total. The Balaban J connectivity index is 2.46. The SMILES string of the molecule is COC(=O)COc1nc2ncccc2cc1C(C)(C)C. The molecule has 2 aromatic heterocycles. The second-order valence-electron chi connectivity index (χ2n) is 5.51. The third-order valence-electron chi connectivity index (χ3n) is 2.92. The molecule has 2 heterocycles. The summed E-state index contributed by atoms with van der Waals surface area (Å²) in [6, 6.07) is 5.82. The maximum atomic E-state index is 11.2. The van der Waals surface area contributed by atoms with Gasteiger partial charge in [-0.3, -0.25) is 0 Å². The molecule has 0 N–H and O–H groups in total. The van der Waals surface area contributed by atoms with Gasteiger partial charge in [-0.05, 0) is 23.6 Å². The lowest BCUT2D eigenvalue weighted by atomic mass is 9.87. The fourth-order valence-electron chi connectivity index (χ4n) is 1.82. The van der Waals surface area contributed by atoms with Crippen molar-refractivity contribution in [1.82, 2.24) is 9.97 Å². The molecule has 106 valence electrons. The number of hydrogen-bond acceptors (Lipinski definition) is 5. The van der Waals surface area contributed by atoms with Crippen molar-refractivity contribution in [2.45, 2.75) is 26.2 Å². The van der Waals surface area contributed by atoms with Gasteiger partial charge in [0, 0.05) is 17.1 Å². The molecule has 0 amide bonds. The number of ether oxygens (including phenoxy) is 2. The first-order valence-corrected chi connectivity index (χ1v) is 6.37. The Labute approximate surface area is 117 Å². The minimum Gasteiger partial charge on any atom is -0.466 e. The van der Waals surface area contributed by atoms with E-state index < -0.39 is 5.97 Å². The van der Waals surface area contributed by atoms with E-state index in [4.69, 9.17) is 4.74 Å². The van der Waals surface area contributed by atoms with Gasteiger partial charge in [0.05, 0.1) is 7.11 Å². The van der Waals surface area contributed by atoms with Crippen molar-refractivity contribution in [3.05, 3.63) is 30.0 Å². The zero-order valence-electron chi connectivity index (χ0n) is 12.1. The second kappa shape index (κ2) is 5.45. The molecular formula is C15H18N2O3. The molecule has 0 aromatic carbocycles. The highest BCUT2D eigenvalue weighted by Crippen LogP contribution is 2.32. The van der Waals surface area contributed by atoms with E-state index in [1.165, 1.54) is 7.11 Å². The number of nitrogens with zero attached hydrogens (tertiary/aromatic N) is 2. The molecule has 0 spiro atoms. The molecule has 0 saturated carbocycles. The zero-order valence-corrected chi connectivity index (χ0v) is 12.1. The Morgan fingerprint density at radius 1 is 1.35 bits per heavy atom. The molecule has 0 aliphatic rings. The number of hydrogen-bond donors (Lipinski definition) is 0. The van der Waals surface area contributed by atoms with Crippen molar-refractivity contribution in [2.75, 3.05) is 13.7 Å². The third-order valence-corrected chi connectivity index (χ3v) is 2.92. The number of methoxy groups -OCH3 is 1. The van der Waals surface area contributed by atoms with Gasteiger partial charge in [-0.2, -0.15) is 4.98 Å². The number of carbonyl (C=O) groups excluding carboxylic acids is 1. The number of esters is 1. The Morgan fingerprint density at radius 2 is 2.10 bits per heavy atom. The van der Waals surface area contributed by atoms with E-state index in [2.05, 4.69) is 35.5 Å². The average molecular weight is 274 g/mol. The van der Waals surface area contributed by atoms with Gasteiger partial charge in [0.15, 0.2) is 12.3 Å². The summed E-state index contributed by atoms with van der Waals surface area (Å²) in [6.07, 6.45) is 1.68. The van der Waals surface area contributed by atoms with Crippen LogP contribution in [0.4, 0.5) is 0 Å². The van der Waals surface area contributed by atoms with Gasteiger partial charge in [-0.15, -0.1) is 0 Å². The maximum absolute atomic E-state index is 11.2. The highest BCUT2D eigenvalue weighted by atomic mass is 16.6. The number of pyridine rings is 2. The van der Waals surface area contributed by atoms with Crippen molar-refractivity contribution in [3.63, 3.8) is 0 Å². The van der Waals surface area contributed by atoms with Crippen LogP contribution in [0, 0.1) is 0 Å². The van der Waals surface area contributed by atoms with Crippen LogP contribution in [0.25, 0.3) is 11.0 Å². The van der Waals surface area contributed by atoms with Crippen LogP contribution in [-0.2, 0) is 14.9 Å². The minimum absolute atomic E-state index is 0.150. The van der Waals surface area contributed by atoms with Crippen LogP contribution in [0.15, 0.2) is 24.4 Å². The Bertz CT molecular complexity index is 633. The van der Waals surface area contributed by atoms with Crippen molar-refractivity contribution in [3.8, 4) is 5.88 Å². The molecule has 0 unspecified atom stereocenters. The minimum atomic E-state index is -0.437. The van der Waals surface area contributed by atoms with Crippen molar-refractivity contribution in [2.24, 2.45) is 0 Å². The van der Waals surface area contributed by atoms with Crippen LogP contribution < -0.4 is 4.74 Å². The molecule has 2 aromatic rings. The Morgan fingerprint density at radius 3 is 2.75 bits per heavy atom. The van der Waals surface area contributed by atoms with Gasteiger partial charge < -0.3 is 9.47 Å². The van der Waals surface area contributed by atoms with Crippen LogP contribution in [-0.4, -0.2) is 29.7 Å². The summed E-state index contributed by atoms with van der Waals surface area (Å²) < 4.78 is 10.1. The van der Waals surface area contributed by atoms with Gasteiger partial charge in [-0.1, -0.05) is 20.8 Å². The summed E-state index contributed by atoms with van der Waals surface area (Å²) in [4.78, 5) is 19.8. The summed E-state index contributed by atoms with van der Waals surface area (Å²) in [7, 11) is 1.33. The molecule has 0 saturated heterocycles. The first-order valence-electron chi connectivity index (χ1n) is 6.37. The highest BCUT2D eigenvalue weighted by Gasteiger charge is 2.22. The largest absolute Gasteiger partial charge is 0.466 e. The van der Waals surface area contributed by atoms with Gasteiger partial charge in [0.1, 0.15) is 0 Å². The Kier molecular flexibility index (Phi) is 3.88. The molecule has 0 radical (unpaired) electrons. The van der Waals surface area contributed by atoms with Gasteiger partial charge in [0.25, 0.3) is 0 Å². The van der Waals surface area contributed by atoms with Crippen LogP contribution in [0.5, 0.6) is 5.88 Å². The smallest absolute Gasteiger partial charge is 0.343 e. The van der Waals surface area contributed by atoms with Crippen LogP contribution in [0.2, 0.25) is 0 Å². The van der Waals surface area contributed by atoms with E-state index in [0.29, 0.717) is 11.5 Å². The molecule has 0 aliphatic heterocycles. The van der Waals surface area contributed by atoms with Gasteiger partial charge in [-0.25, -0.2) is 9.78 Å². The monoisotopic (exact) mass is 274 g/mol. The molecule has 0 atom stereocenters. The predicted octanol–water partition coefficient (Wildman–Crippen LogP) is 2.48. The molecular weight excluding hydrogens is 256 g/mol. The normalized spacial score (nSPS) is 11.4. The number of aromatic nitrogens is 2. The molecule has 5 heteroatoms. The summed E-state index contributed by atoms with van der Waals surface area (Å²) in [5, 5.41) is 0.947. The van der Waals surface area contributed by atoms with Crippen molar-refractivity contribution < 1.29 is 14.3 Å². The van der Waals surface area contributed by atoms with Gasteiger partial charge in [0.2, 0.25) is 5.88 Å². The number of fused-ring (bicyclic) bond motifs is 1. The average Bonchev–Trinajstić information content (AvgIpc) is 2.42. The number of carbonyl (C=O) groups is 1. The second-order valence-corrected chi connectivity index (χ2v) is 5.51. The van der Waals surface area contributed by atoms with E-state index in [0.717, 1.165) is 10.9 Å². The summed E-state index contributed by atoms with van der Waals surface area (Å²) in [5.74, 6) is -0.0122. The molecule has 20 heavy (non-hydrogen) atoms. The van der Waals surface area contributed by atoms with Gasteiger partial charge >= 0.3 is 5.97 Å². The summed E-state index contributed by atoms with van der Waals surface area (Å²) in [5.41, 5.74) is 1.38. The van der Waals surface area contributed by atoms with Crippen LogP contribution in [0.1, 0.15) is 26.3 Å². The van der Waals surface area contributed by atoms with E-state index in [9.17, 15) is 4.79 Å². The summed E-state index contributed by atoms with van der Waals surface area (Å²) >= 11 is 0. The quantitative estimate of drug-likeness (QED) is 0.805.